The zero-order valence-electron chi connectivity index (χ0n) is 17.1. The van der Waals surface area contributed by atoms with E-state index < -0.39 is 0 Å². The molecule has 2 fully saturated rings. The van der Waals surface area contributed by atoms with Crippen molar-refractivity contribution in [1.29, 1.82) is 0 Å². The number of rotatable bonds is 16. The van der Waals surface area contributed by atoms with Gasteiger partial charge in [0.1, 0.15) is 12.3 Å². The van der Waals surface area contributed by atoms with Crippen molar-refractivity contribution in [2.75, 3.05) is 13.2 Å². The number of hydrogen-bond donors (Lipinski definition) is 2. The van der Waals surface area contributed by atoms with Crippen molar-refractivity contribution in [2.24, 2.45) is 0 Å². The van der Waals surface area contributed by atoms with E-state index in [0.717, 1.165) is 25.9 Å². The number of unbranched alkanes of at least 4 members (excludes halogenated alkanes) is 11. The Kier molecular flexibility index (Phi) is 11.9. The number of aliphatic hydroxyl groups excluding tert-OH is 1. The summed E-state index contributed by atoms with van der Waals surface area (Å²) in [7, 11) is 0. The molecule has 2 heterocycles. The number of hydrogen-bond acceptors (Lipinski definition) is 4. The van der Waals surface area contributed by atoms with Crippen LogP contribution < -0.4 is 5.32 Å². The zero-order chi connectivity index (χ0) is 18.5. The Morgan fingerprint density at radius 1 is 0.808 bits per heavy atom. The van der Waals surface area contributed by atoms with Gasteiger partial charge in [-0.2, -0.15) is 0 Å². The molecule has 0 bridgehead atoms. The molecule has 2 aliphatic rings. The minimum atomic E-state index is 0.116. The first-order valence-corrected chi connectivity index (χ1v) is 11.5. The maximum atomic E-state index is 8.95. The highest BCUT2D eigenvalue weighted by Gasteiger charge is 2.44. The van der Waals surface area contributed by atoms with Crippen LogP contribution in [-0.2, 0) is 9.47 Å². The average Bonchev–Trinajstić information content (AvgIpc) is 3.22. The molecule has 1 unspecified atom stereocenters. The van der Waals surface area contributed by atoms with Crippen LogP contribution in [0.5, 0.6) is 0 Å². The molecule has 2 rings (SSSR count). The van der Waals surface area contributed by atoms with Crippen LogP contribution in [0.3, 0.4) is 0 Å². The van der Waals surface area contributed by atoms with Crippen LogP contribution in [0.4, 0.5) is 0 Å². The van der Waals surface area contributed by atoms with E-state index in [1.165, 1.54) is 77.0 Å². The summed E-state index contributed by atoms with van der Waals surface area (Å²) in [6.45, 7) is 3.31. The largest absolute Gasteiger partial charge is 0.396 e. The lowest BCUT2D eigenvalue weighted by Gasteiger charge is -2.18. The molecule has 0 aliphatic carbocycles. The second-order valence-corrected chi connectivity index (χ2v) is 8.28. The van der Waals surface area contributed by atoms with Gasteiger partial charge in [-0.15, -0.1) is 0 Å². The summed E-state index contributed by atoms with van der Waals surface area (Å²) in [4.78, 5) is 0. The third-order valence-electron chi connectivity index (χ3n) is 5.94. The molecule has 0 aromatic heterocycles. The van der Waals surface area contributed by atoms with Gasteiger partial charge in [0.15, 0.2) is 0 Å². The van der Waals surface area contributed by atoms with E-state index >= 15 is 0 Å². The monoisotopic (exact) mass is 369 g/mol. The highest BCUT2D eigenvalue weighted by atomic mass is 16.6. The summed E-state index contributed by atoms with van der Waals surface area (Å²) in [6.07, 6.45) is 20.2. The third-order valence-corrected chi connectivity index (χ3v) is 5.94. The van der Waals surface area contributed by atoms with Gasteiger partial charge in [0.05, 0.1) is 18.8 Å². The maximum Gasteiger partial charge on any atom is 0.109 e. The van der Waals surface area contributed by atoms with Crippen LogP contribution in [0.2, 0.25) is 0 Å². The number of aliphatic hydroxyl groups is 1. The highest BCUT2D eigenvalue weighted by Crippen LogP contribution is 2.29. The first-order chi connectivity index (χ1) is 12.8. The van der Waals surface area contributed by atoms with E-state index in [1.54, 1.807) is 0 Å². The molecule has 4 nitrogen and oxygen atoms in total. The lowest BCUT2D eigenvalue weighted by molar-refractivity contribution is -0.0377. The molecular weight excluding hydrogens is 326 g/mol. The average molecular weight is 370 g/mol. The Balaban J connectivity index is 1.40. The summed E-state index contributed by atoms with van der Waals surface area (Å²) < 4.78 is 12.0. The van der Waals surface area contributed by atoms with Crippen molar-refractivity contribution >= 4 is 0 Å². The fourth-order valence-electron chi connectivity index (χ4n) is 4.33. The molecule has 0 saturated carbocycles. The summed E-state index contributed by atoms with van der Waals surface area (Å²) in [5.41, 5.74) is 0. The molecule has 4 atom stereocenters. The van der Waals surface area contributed by atoms with Crippen molar-refractivity contribution in [3.63, 3.8) is 0 Å². The Morgan fingerprint density at radius 3 is 2.04 bits per heavy atom. The van der Waals surface area contributed by atoms with Crippen LogP contribution >= 0.6 is 0 Å². The summed E-state index contributed by atoms with van der Waals surface area (Å²) in [6, 6.07) is 0.362. The van der Waals surface area contributed by atoms with E-state index in [9.17, 15) is 0 Å². The fourth-order valence-corrected chi connectivity index (χ4v) is 4.33. The SMILES string of the molecule is CCCCCCCCCCCCCC[C@@H]1OC[C@@H]2NC(CCCO)O[C@@H]21. The summed E-state index contributed by atoms with van der Waals surface area (Å²) in [5, 5.41) is 12.5. The minimum absolute atomic E-state index is 0.116. The molecule has 0 spiro atoms. The van der Waals surface area contributed by atoms with Gasteiger partial charge in [0.25, 0.3) is 0 Å². The molecule has 2 saturated heterocycles. The Labute approximate surface area is 161 Å². The molecule has 4 heteroatoms. The fraction of sp³-hybridized carbons (Fsp3) is 1.00. The summed E-state index contributed by atoms with van der Waals surface area (Å²) in [5.74, 6) is 0. The molecule has 0 radical (unpaired) electrons. The number of nitrogens with one attached hydrogen (secondary N) is 1. The molecule has 154 valence electrons. The normalized spacial score (nSPS) is 27.9. The summed E-state index contributed by atoms with van der Waals surface area (Å²) >= 11 is 0. The van der Waals surface area contributed by atoms with Crippen LogP contribution in [0.1, 0.15) is 103 Å². The van der Waals surface area contributed by atoms with Crippen molar-refractivity contribution in [1.82, 2.24) is 5.32 Å². The van der Waals surface area contributed by atoms with Crippen LogP contribution in [-0.4, -0.2) is 42.8 Å². The Hall–Kier alpha value is -0.160. The van der Waals surface area contributed by atoms with E-state index in [1.807, 2.05) is 0 Å². The van der Waals surface area contributed by atoms with Crippen molar-refractivity contribution in [3.8, 4) is 0 Å². The van der Waals surface area contributed by atoms with E-state index in [0.29, 0.717) is 6.04 Å². The Morgan fingerprint density at radius 2 is 1.42 bits per heavy atom. The smallest absolute Gasteiger partial charge is 0.109 e. The van der Waals surface area contributed by atoms with Gasteiger partial charge in [-0.3, -0.25) is 5.32 Å². The molecule has 2 N–H and O–H groups in total. The topological polar surface area (TPSA) is 50.7 Å². The predicted molar refractivity (Wildman–Crippen MR) is 107 cm³/mol. The third kappa shape index (κ3) is 8.24. The number of fused-ring (bicyclic) bond motifs is 1. The van der Waals surface area contributed by atoms with E-state index in [2.05, 4.69) is 12.2 Å². The first kappa shape index (κ1) is 22.1. The van der Waals surface area contributed by atoms with Crippen molar-refractivity contribution < 1.29 is 14.6 Å². The zero-order valence-corrected chi connectivity index (χ0v) is 17.1. The minimum Gasteiger partial charge on any atom is -0.396 e. The Bertz CT molecular complexity index is 339. The van der Waals surface area contributed by atoms with E-state index in [-0.39, 0.29) is 25.0 Å². The van der Waals surface area contributed by atoms with Gasteiger partial charge in [-0.05, 0) is 19.3 Å². The van der Waals surface area contributed by atoms with Gasteiger partial charge >= 0.3 is 0 Å². The van der Waals surface area contributed by atoms with Crippen LogP contribution in [0.25, 0.3) is 0 Å². The van der Waals surface area contributed by atoms with Gasteiger partial charge in [0.2, 0.25) is 0 Å². The molecular formula is C22H43NO3. The second-order valence-electron chi connectivity index (χ2n) is 8.28. The molecule has 0 aromatic carbocycles. The first-order valence-electron chi connectivity index (χ1n) is 11.5. The van der Waals surface area contributed by atoms with Gasteiger partial charge in [-0.1, -0.05) is 84.0 Å². The molecule has 26 heavy (non-hydrogen) atoms. The lowest BCUT2D eigenvalue weighted by atomic mass is 10.0. The van der Waals surface area contributed by atoms with Gasteiger partial charge < -0.3 is 14.6 Å². The van der Waals surface area contributed by atoms with Crippen molar-refractivity contribution in [2.45, 2.75) is 128 Å². The molecule has 0 amide bonds. The predicted octanol–water partition coefficient (Wildman–Crippen LogP) is 4.93. The lowest BCUT2D eigenvalue weighted by Crippen LogP contribution is -2.33. The standard InChI is InChI=1S/C22H43NO3/c1-2-3-4-5-6-7-8-9-10-11-12-13-15-20-22-19(18-25-20)23-21(26-22)16-14-17-24/h19-24H,2-18H2,1H3/t19-,20-,21?,22-/m0/s1. The number of ether oxygens (including phenoxy) is 2. The van der Waals surface area contributed by atoms with Crippen LogP contribution in [0, 0.1) is 0 Å². The maximum absolute atomic E-state index is 8.95. The van der Waals surface area contributed by atoms with Gasteiger partial charge in [0, 0.05) is 6.61 Å². The van der Waals surface area contributed by atoms with Crippen molar-refractivity contribution in [3.05, 3.63) is 0 Å². The van der Waals surface area contributed by atoms with E-state index in [4.69, 9.17) is 14.6 Å². The molecule has 2 aliphatic heterocycles. The quantitative estimate of drug-likeness (QED) is 0.379. The van der Waals surface area contributed by atoms with Gasteiger partial charge in [-0.25, -0.2) is 0 Å². The second kappa shape index (κ2) is 13.9. The van der Waals surface area contributed by atoms with Crippen LogP contribution in [0.15, 0.2) is 0 Å². The molecule has 0 aromatic rings. The highest BCUT2D eigenvalue weighted by molar-refractivity contribution is 4.95.